The van der Waals surface area contributed by atoms with Crippen LogP contribution >= 0.6 is 0 Å². The molecule has 0 N–H and O–H groups in total. The Morgan fingerprint density at radius 1 is 1.38 bits per heavy atom. The van der Waals surface area contributed by atoms with Gasteiger partial charge in [-0.1, -0.05) is 13.8 Å². The maximum absolute atomic E-state index is 10.4. The Balaban J connectivity index is 3.24. The topological polar surface area (TPSA) is 17.1 Å². The second-order valence-corrected chi connectivity index (χ2v) is 2.19. The third-order valence-electron chi connectivity index (χ3n) is 1.15. The molecule has 0 saturated heterocycles. The van der Waals surface area contributed by atoms with E-state index in [-0.39, 0.29) is 5.78 Å². The van der Waals surface area contributed by atoms with Crippen LogP contribution in [0, 0.1) is 5.92 Å². The Kier molecular flexibility index (Phi) is 3.49. The number of hydrogen-bond donors (Lipinski definition) is 0. The number of Topliss-reactive ketones (excluding diaryl/α,β-unsaturated/α-hetero) is 1. The Morgan fingerprint density at radius 3 is 2.00 bits per heavy atom. The normalized spacial score (nSPS) is 10.0. The molecule has 0 rings (SSSR count). The van der Waals surface area contributed by atoms with Gasteiger partial charge in [-0.3, -0.25) is 0 Å². The van der Waals surface area contributed by atoms with Crippen LogP contribution in [0.25, 0.3) is 0 Å². The van der Waals surface area contributed by atoms with E-state index in [1.807, 2.05) is 6.92 Å². The molecule has 0 aliphatic heterocycles. The minimum atomic E-state index is 0.268. The number of ketones is 1. The first kappa shape index (κ1) is 7.67. The molecule has 47 valence electrons. The molecule has 1 radical (unpaired) electrons. The van der Waals surface area contributed by atoms with Gasteiger partial charge in [-0.25, -0.2) is 0 Å². The van der Waals surface area contributed by atoms with Crippen LogP contribution in [-0.2, 0) is 4.79 Å². The summed E-state index contributed by atoms with van der Waals surface area (Å²) in [5.74, 6) is 1.54. The highest BCUT2D eigenvalue weighted by Gasteiger charge is 2.00. The molecule has 0 fully saturated rings. The van der Waals surface area contributed by atoms with E-state index in [1.165, 1.54) is 5.92 Å². The maximum atomic E-state index is 10.4. The van der Waals surface area contributed by atoms with Crippen molar-refractivity contribution in [3.63, 3.8) is 0 Å². The van der Waals surface area contributed by atoms with Gasteiger partial charge in [0, 0.05) is 6.42 Å². The summed E-state index contributed by atoms with van der Waals surface area (Å²) in [5, 5.41) is 0. The van der Waals surface area contributed by atoms with Crippen molar-refractivity contribution in [2.75, 3.05) is 0 Å². The van der Waals surface area contributed by atoms with Crippen molar-refractivity contribution in [1.82, 2.24) is 0 Å². The lowest BCUT2D eigenvalue weighted by Crippen LogP contribution is -1.96. The van der Waals surface area contributed by atoms with Gasteiger partial charge < -0.3 is 4.79 Å². The van der Waals surface area contributed by atoms with Gasteiger partial charge >= 0.3 is 0 Å². The summed E-state index contributed by atoms with van der Waals surface area (Å²) >= 11 is 0. The number of carbonyl (C=O) groups excluding carboxylic acids is 1. The highest BCUT2D eigenvalue weighted by molar-refractivity contribution is 5.77. The fraction of sp³-hybridized carbons (Fsp3) is 0.714. The van der Waals surface area contributed by atoms with Gasteiger partial charge in [0.05, 0.1) is 0 Å². The first-order valence-electron chi connectivity index (χ1n) is 2.97. The molecular formula is C7H13O. The summed E-state index contributed by atoms with van der Waals surface area (Å²) in [7, 11) is 0. The molecule has 1 nitrogen and oxygen atoms in total. The monoisotopic (exact) mass is 113 g/mol. The summed E-state index contributed by atoms with van der Waals surface area (Å²) in [6, 6.07) is 0. The predicted molar refractivity (Wildman–Crippen MR) is 34.5 cm³/mol. The smallest absolute Gasteiger partial charge is 0.130 e. The van der Waals surface area contributed by atoms with Crippen molar-refractivity contribution in [1.29, 1.82) is 0 Å². The van der Waals surface area contributed by atoms with Gasteiger partial charge in [-0.2, -0.15) is 0 Å². The molecular weight excluding hydrogens is 100 g/mol. The van der Waals surface area contributed by atoms with E-state index >= 15 is 0 Å². The van der Waals surface area contributed by atoms with E-state index in [9.17, 15) is 4.79 Å². The molecule has 0 saturated carbocycles. The van der Waals surface area contributed by atoms with Crippen LogP contribution in [0.3, 0.4) is 0 Å². The lowest BCUT2D eigenvalue weighted by Gasteiger charge is -2.01. The summed E-state index contributed by atoms with van der Waals surface area (Å²) < 4.78 is 0. The average molecular weight is 113 g/mol. The van der Waals surface area contributed by atoms with Crippen molar-refractivity contribution < 1.29 is 4.79 Å². The molecule has 0 bridgehead atoms. The number of hydrogen-bond acceptors (Lipinski definition) is 1. The number of carbonyl (C=O) groups is 1. The van der Waals surface area contributed by atoms with Crippen molar-refractivity contribution in [2.45, 2.75) is 33.6 Å². The molecule has 0 unspecified atom stereocenters. The molecule has 1 heteroatoms. The molecule has 0 aliphatic rings. The standard InChI is InChI=1S/C7H13O/c1-4-6(2)5-7(3)8/h4-5H2,1-3H3. The van der Waals surface area contributed by atoms with E-state index in [2.05, 4.69) is 6.92 Å². The fourth-order valence-electron chi connectivity index (χ4n) is 0.550. The van der Waals surface area contributed by atoms with Gasteiger partial charge in [0.25, 0.3) is 0 Å². The van der Waals surface area contributed by atoms with Crippen molar-refractivity contribution >= 4 is 5.78 Å². The second kappa shape index (κ2) is 3.65. The molecule has 0 heterocycles. The van der Waals surface area contributed by atoms with Gasteiger partial charge in [-0.05, 0) is 19.3 Å². The van der Waals surface area contributed by atoms with Gasteiger partial charge in [-0.15, -0.1) is 0 Å². The third kappa shape index (κ3) is 3.85. The van der Waals surface area contributed by atoms with E-state index in [1.54, 1.807) is 6.92 Å². The minimum Gasteiger partial charge on any atom is -0.300 e. The lowest BCUT2D eigenvalue weighted by molar-refractivity contribution is -0.116. The Hall–Kier alpha value is -0.330. The van der Waals surface area contributed by atoms with Crippen molar-refractivity contribution in [3.05, 3.63) is 5.92 Å². The van der Waals surface area contributed by atoms with Crippen LogP contribution in [0.4, 0.5) is 0 Å². The summed E-state index contributed by atoms with van der Waals surface area (Å²) in [5.41, 5.74) is 0. The van der Waals surface area contributed by atoms with Crippen LogP contribution in [-0.4, -0.2) is 5.78 Å². The second-order valence-electron chi connectivity index (χ2n) is 2.19. The Morgan fingerprint density at radius 2 is 1.88 bits per heavy atom. The Labute approximate surface area is 51.1 Å². The van der Waals surface area contributed by atoms with E-state index in [0.717, 1.165) is 6.42 Å². The molecule has 0 amide bonds. The molecule has 0 aromatic rings. The number of rotatable bonds is 3. The zero-order chi connectivity index (χ0) is 6.57. The Bertz CT molecular complexity index is 76.5. The summed E-state index contributed by atoms with van der Waals surface area (Å²) in [6.45, 7) is 5.71. The fourth-order valence-corrected chi connectivity index (χ4v) is 0.550. The predicted octanol–water partition coefficient (Wildman–Crippen LogP) is 1.97. The van der Waals surface area contributed by atoms with Crippen molar-refractivity contribution in [3.8, 4) is 0 Å². The molecule has 0 aromatic heterocycles. The van der Waals surface area contributed by atoms with E-state index < -0.39 is 0 Å². The van der Waals surface area contributed by atoms with Crippen LogP contribution < -0.4 is 0 Å². The van der Waals surface area contributed by atoms with Crippen molar-refractivity contribution in [2.24, 2.45) is 0 Å². The SMILES string of the molecule is CC[C](C)CC(C)=O. The van der Waals surface area contributed by atoms with Gasteiger partial charge in [0.15, 0.2) is 0 Å². The van der Waals surface area contributed by atoms with Crippen LogP contribution in [0.2, 0.25) is 0 Å². The first-order valence-corrected chi connectivity index (χ1v) is 2.97. The maximum Gasteiger partial charge on any atom is 0.130 e. The molecule has 0 aliphatic carbocycles. The van der Waals surface area contributed by atoms with Crippen LogP contribution in [0.5, 0.6) is 0 Å². The molecule has 0 spiro atoms. The highest BCUT2D eigenvalue weighted by Crippen LogP contribution is 2.08. The first-order chi connectivity index (χ1) is 3.66. The van der Waals surface area contributed by atoms with E-state index in [4.69, 9.17) is 0 Å². The quantitative estimate of drug-likeness (QED) is 0.547. The van der Waals surface area contributed by atoms with Crippen LogP contribution in [0.15, 0.2) is 0 Å². The highest BCUT2D eigenvalue weighted by atomic mass is 16.1. The average Bonchev–Trinajstić information content (AvgIpc) is 1.65. The molecule has 0 aromatic carbocycles. The van der Waals surface area contributed by atoms with E-state index in [0.29, 0.717) is 6.42 Å². The lowest BCUT2D eigenvalue weighted by atomic mass is 10.0. The van der Waals surface area contributed by atoms with Crippen LogP contribution in [0.1, 0.15) is 33.6 Å². The largest absolute Gasteiger partial charge is 0.300 e. The zero-order valence-corrected chi connectivity index (χ0v) is 5.82. The zero-order valence-electron chi connectivity index (χ0n) is 5.82. The molecule has 0 atom stereocenters. The third-order valence-corrected chi connectivity index (χ3v) is 1.15. The minimum absolute atomic E-state index is 0.268. The molecule has 8 heavy (non-hydrogen) atoms. The van der Waals surface area contributed by atoms with Gasteiger partial charge in [0.2, 0.25) is 0 Å². The summed E-state index contributed by atoms with van der Waals surface area (Å²) in [6.07, 6.45) is 1.69. The van der Waals surface area contributed by atoms with Gasteiger partial charge in [0.1, 0.15) is 5.78 Å². The summed E-state index contributed by atoms with van der Waals surface area (Å²) in [4.78, 5) is 10.4.